The van der Waals surface area contributed by atoms with Crippen molar-refractivity contribution in [2.24, 2.45) is 0 Å². The van der Waals surface area contributed by atoms with E-state index >= 15 is 0 Å². The van der Waals surface area contributed by atoms with Crippen LogP contribution in [0.5, 0.6) is 0 Å². The Labute approximate surface area is 179 Å². The molecule has 2 aromatic carbocycles. The lowest BCUT2D eigenvalue weighted by Crippen LogP contribution is -2.20. The summed E-state index contributed by atoms with van der Waals surface area (Å²) in [5.41, 5.74) is 3.12. The van der Waals surface area contributed by atoms with Gasteiger partial charge in [0, 0.05) is 30.2 Å². The minimum absolute atomic E-state index is 0.0863. The third-order valence-corrected chi connectivity index (χ3v) is 4.95. The fourth-order valence-electron chi connectivity index (χ4n) is 3.59. The van der Waals surface area contributed by atoms with Crippen LogP contribution in [0.3, 0.4) is 0 Å². The number of aryl methyl sites for hydroxylation is 2. The van der Waals surface area contributed by atoms with E-state index in [1.807, 2.05) is 67.6 Å². The molecule has 0 unspecified atom stereocenters. The Bertz CT molecular complexity index is 1210. The predicted molar refractivity (Wildman–Crippen MR) is 119 cm³/mol. The minimum Gasteiger partial charge on any atom is -0.310 e. The second-order valence-corrected chi connectivity index (χ2v) is 7.42. The van der Waals surface area contributed by atoms with Crippen molar-refractivity contribution < 1.29 is 4.79 Å². The number of hydrogen-bond acceptors (Lipinski definition) is 4. The second kappa shape index (κ2) is 8.79. The van der Waals surface area contributed by atoms with Crippen LogP contribution in [0, 0.1) is 13.8 Å². The van der Waals surface area contributed by atoms with E-state index in [9.17, 15) is 9.59 Å². The first-order valence-corrected chi connectivity index (χ1v) is 10.0. The summed E-state index contributed by atoms with van der Waals surface area (Å²) in [6, 6.07) is 23.1. The highest BCUT2D eigenvalue weighted by molar-refractivity contribution is 5.91. The number of amides is 1. The summed E-state index contributed by atoms with van der Waals surface area (Å²) >= 11 is 0. The molecule has 7 heteroatoms. The smallest absolute Gasteiger partial charge is 0.252 e. The number of aromatic amines is 1. The van der Waals surface area contributed by atoms with Gasteiger partial charge in [0.05, 0.1) is 5.69 Å². The predicted octanol–water partition coefficient (Wildman–Crippen LogP) is 3.73. The average Bonchev–Trinajstić information content (AvgIpc) is 3.12. The van der Waals surface area contributed by atoms with Gasteiger partial charge in [0.15, 0.2) is 0 Å². The van der Waals surface area contributed by atoms with Gasteiger partial charge in [-0.25, -0.2) is 4.98 Å². The zero-order chi connectivity index (χ0) is 21.8. The van der Waals surface area contributed by atoms with Gasteiger partial charge < -0.3 is 5.32 Å². The largest absolute Gasteiger partial charge is 0.310 e. The summed E-state index contributed by atoms with van der Waals surface area (Å²) in [5.74, 6) is 0.470. The van der Waals surface area contributed by atoms with Crippen molar-refractivity contribution in [1.29, 1.82) is 0 Å². The van der Waals surface area contributed by atoms with E-state index < -0.39 is 0 Å². The molecule has 1 amide bonds. The van der Waals surface area contributed by atoms with Crippen LogP contribution in [0.15, 0.2) is 77.6 Å². The Kier molecular flexibility index (Phi) is 5.75. The van der Waals surface area contributed by atoms with Crippen molar-refractivity contribution in [3.8, 4) is 5.95 Å². The summed E-state index contributed by atoms with van der Waals surface area (Å²) < 4.78 is 1.45. The highest BCUT2D eigenvalue weighted by Crippen LogP contribution is 2.28. The topological polar surface area (TPSA) is 92.7 Å². The van der Waals surface area contributed by atoms with Crippen LogP contribution in [0.25, 0.3) is 5.95 Å². The van der Waals surface area contributed by atoms with Gasteiger partial charge in [-0.2, -0.15) is 9.78 Å². The number of nitrogens with zero attached hydrogens (tertiary/aromatic N) is 3. The fourth-order valence-corrected chi connectivity index (χ4v) is 3.59. The molecule has 31 heavy (non-hydrogen) atoms. The standard InChI is InChI=1S/C24H23N5O2/c1-16-14-22(30)27-24(25-16)29-21(13-17(2)28-29)26-23(31)15-20(18-9-5-3-6-10-18)19-11-7-4-8-12-19/h3-14,20H,15H2,1-2H3,(H,26,31)(H,25,27,30). The molecular formula is C24H23N5O2. The molecule has 0 radical (unpaired) electrons. The first kappa shape index (κ1) is 20.3. The number of nitrogens with one attached hydrogen (secondary N) is 2. The third kappa shape index (κ3) is 4.78. The molecule has 0 fully saturated rings. The Balaban J connectivity index is 1.61. The van der Waals surface area contributed by atoms with Gasteiger partial charge >= 0.3 is 0 Å². The molecule has 0 aliphatic rings. The van der Waals surface area contributed by atoms with E-state index in [0.29, 0.717) is 17.2 Å². The number of anilines is 1. The molecular weight excluding hydrogens is 390 g/mol. The molecule has 2 N–H and O–H groups in total. The number of rotatable bonds is 6. The molecule has 0 aliphatic carbocycles. The average molecular weight is 413 g/mol. The number of H-pyrrole nitrogens is 1. The number of hydrogen-bond donors (Lipinski definition) is 2. The van der Waals surface area contributed by atoms with Gasteiger partial charge in [0.25, 0.3) is 5.56 Å². The van der Waals surface area contributed by atoms with Crippen molar-refractivity contribution >= 4 is 11.7 Å². The lowest BCUT2D eigenvalue weighted by Gasteiger charge is -2.18. The summed E-state index contributed by atoms with van der Waals surface area (Å²) in [7, 11) is 0. The maximum atomic E-state index is 13.1. The maximum absolute atomic E-state index is 13.1. The van der Waals surface area contributed by atoms with Gasteiger partial charge in [-0.05, 0) is 25.0 Å². The van der Waals surface area contributed by atoms with Gasteiger partial charge in [0.2, 0.25) is 11.9 Å². The first-order valence-electron chi connectivity index (χ1n) is 10.0. The number of benzene rings is 2. The zero-order valence-electron chi connectivity index (χ0n) is 17.4. The number of carbonyl (C=O) groups is 1. The van der Waals surface area contributed by atoms with Crippen LogP contribution >= 0.6 is 0 Å². The first-order chi connectivity index (χ1) is 15.0. The van der Waals surface area contributed by atoms with E-state index in [1.165, 1.54) is 10.7 Å². The van der Waals surface area contributed by atoms with Crippen molar-refractivity contribution in [3.05, 3.63) is 106 Å². The quantitative estimate of drug-likeness (QED) is 0.504. The van der Waals surface area contributed by atoms with Crippen LogP contribution in [0.2, 0.25) is 0 Å². The molecule has 4 aromatic rings. The Morgan fingerprint density at radius 3 is 2.16 bits per heavy atom. The Hall–Kier alpha value is -4.00. The normalized spacial score (nSPS) is 10.9. The van der Waals surface area contributed by atoms with E-state index in [2.05, 4.69) is 20.4 Å². The molecule has 7 nitrogen and oxygen atoms in total. The lowest BCUT2D eigenvalue weighted by atomic mass is 9.88. The minimum atomic E-state index is -0.277. The number of carbonyl (C=O) groups excluding carboxylic acids is 1. The Morgan fingerprint density at radius 2 is 1.58 bits per heavy atom. The van der Waals surface area contributed by atoms with Crippen molar-refractivity contribution in [2.45, 2.75) is 26.2 Å². The van der Waals surface area contributed by atoms with Crippen molar-refractivity contribution in [1.82, 2.24) is 19.7 Å². The number of aromatic nitrogens is 4. The zero-order valence-corrected chi connectivity index (χ0v) is 17.4. The van der Waals surface area contributed by atoms with Gasteiger partial charge in [0.1, 0.15) is 5.82 Å². The fraction of sp³-hybridized carbons (Fsp3) is 0.167. The van der Waals surface area contributed by atoms with Gasteiger partial charge in [-0.1, -0.05) is 60.7 Å². The highest BCUT2D eigenvalue weighted by atomic mass is 16.1. The van der Waals surface area contributed by atoms with E-state index in [1.54, 1.807) is 13.0 Å². The molecule has 4 rings (SSSR count). The van der Waals surface area contributed by atoms with E-state index in [-0.39, 0.29) is 29.8 Å². The molecule has 0 atom stereocenters. The third-order valence-electron chi connectivity index (χ3n) is 4.95. The molecule has 156 valence electrons. The van der Waals surface area contributed by atoms with Crippen molar-refractivity contribution in [2.75, 3.05) is 5.32 Å². The summed E-state index contributed by atoms with van der Waals surface area (Å²) in [5, 5.41) is 7.32. The van der Waals surface area contributed by atoms with E-state index in [4.69, 9.17) is 0 Å². The molecule has 2 heterocycles. The second-order valence-electron chi connectivity index (χ2n) is 7.42. The molecule has 0 bridgehead atoms. The summed E-state index contributed by atoms with van der Waals surface area (Å²) in [4.78, 5) is 31.9. The monoisotopic (exact) mass is 413 g/mol. The molecule has 0 saturated heterocycles. The molecule has 2 aromatic heterocycles. The lowest BCUT2D eigenvalue weighted by molar-refractivity contribution is -0.116. The maximum Gasteiger partial charge on any atom is 0.252 e. The summed E-state index contributed by atoms with van der Waals surface area (Å²) in [6.45, 7) is 3.55. The summed E-state index contributed by atoms with van der Waals surface area (Å²) in [6.07, 6.45) is 0.260. The Morgan fingerprint density at radius 1 is 0.968 bits per heavy atom. The van der Waals surface area contributed by atoms with Crippen LogP contribution in [-0.2, 0) is 4.79 Å². The van der Waals surface area contributed by atoms with Crippen LogP contribution in [0.4, 0.5) is 5.82 Å². The molecule has 0 spiro atoms. The molecule has 0 aliphatic heterocycles. The van der Waals surface area contributed by atoms with Gasteiger partial charge in [-0.15, -0.1) is 0 Å². The van der Waals surface area contributed by atoms with Crippen LogP contribution in [-0.4, -0.2) is 25.7 Å². The van der Waals surface area contributed by atoms with Crippen molar-refractivity contribution in [3.63, 3.8) is 0 Å². The van der Waals surface area contributed by atoms with Crippen LogP contribution < -0.4 is 10.9 Å². The van der Waals surface area contributed by atoms with Crippen LogP contribution in [0.1, 0.15) is 34.9 Å². The van der Waals surface area contributed by atoms with E-state index in [0.717, 1.165) is 11.1 Å². The SMILES string of the molecule is Cc1cc(=O)[nH]c(-n2nc(C)cc2NC(=O)CC(c2ccccc2)c2ccccc2)n1. The highest BCUT2D eigenvalue weighted by Gasteiger charge is 2.20. The molecule has 0 saturated carbocycles. The van der Waals surface area contributed by atoms with Gasteiger partial charge in [-0.3, -0.25) is 14.6 Å².